The second kappa shape index (κ2) is 5.61. The van der Waals surface area contributed by atoms with E-state index in [1.807, 2.05) is 13.8 Å². The number of anilines is 1. The second-order valence-corrected chi connectivity index (χ2v) is 4.84. The van der Waals surface area contributed by atoms with Crippen LogP contribution in [0.5, 0.6) is 0 Å². The minimum atomic E-state index is -0.599. The maximum Gasteiger partial charge on any atom is 0.224 e. The van der Waals surface area contributed by atoms with Crippen molar-refractivity contribution in [1.82, 2.24) is 0 Å². The Hall–Kier alpha value is -1.93. The maximum absolute atomic E-state index is 13.1. The monoisotopic (exact) mass is 249 g/mol. The van der Waals surface area contributed by atoms with Crippen LogP contribution in [-0.4, -0.2) is 11.4 Å². The lowest BCUT2D eigenvalue weighted by Gasteiger charge is -2.17. The molecule has 0 saturated heterocycles. The van der Waals surface area contributed by atoms with Crippen molar-refractivity contribution in [3.8, 4) is 6.07 Å². The van der Waals surface area contributed by atoms with Crippen molar-refractivity contribution >= 4 is 11.6 Å². The van der Waals surface area contributed by atoms with Crippen LogP contribution in [0.3, 0.4) is 0 Å². The molecule has 0 atom stereocenters. The number of nitriles is 1. The molecule has 4 nitrogen and oxygen atoms in total. The molecule has 0 aliphatic heterocycles. The Morgan fingerprint density at radius 1 is 1.56 bits per heavy atom. The molecule has 0 heterocycles. The highest BCUT2D eigenvalue weighted by Crippen LogP contribution is 2.15. The molecule has 0 aromatic heterocycles. The molecule has 1 rings (SSSR count). The molecule has 0 fully saturated rings. The lowest BCUT2D eigenvalue weighted by Crippen LogP contribution is -2.33. The molecule has 96 valence electrons. The summed E-state index contributed by atoms with van der Waals surface area (Å²) in [7, 11) is 0. The van der Waals surface area contributed by atoms with Gasteiger partial charge in [0.25, 0.3) is 0 Å². The largest absolute Gasteiger partial charge is 0.326 e. The third kappa shape index (κ3) is 4.52. The number of hydrogen-bond donors (Lipinski definition) is 2. The number of halogens is 1. The summed E-state index contributed by atoms with van der Waals surface area (Å²) in [6, 6.07) is 5.60. The smallest absolute Gasteiger partial charge is 0.224 e. The quantitative estimate of drug-likeness (QED) is 0.858. The molecular formula is C13H16FN3O. The predicted octanol–water partition coefficient (Wildman–Crippen LogP) is 2.15. The Balaban J connectivity index is 2.63. The summed E-state index contributed by atoms with van der Waals surface area (Å²) in [6.45, 7) is 3.68. The third-order valence-corrected chi connectivity index (χ3v) is 2.37. The molecule has 1 aromatic carbocycles. The molecule has 1 aromatic rings. The van der Waals surface area contributed by atoms with Crippen LogP contribution in [0, 0.1) is 17.1 Å². The number of nitrogens with zero attached hydrogens (tertiary/aromatic N) is 1. The Kier molecular flexibility index (Phi) is 4.40. The van der Waals surface area contributed by atoms with E-state index in [0.29, 0.717) is 12.1 Å². The molecule has 3 N–H and O–H groups in total. The molecule has 5 heteroatoms. The van der Waals surface area contributed by atoms with Crippen molar-refractivity contribution in [3.05, 3.63) is 29.6 Å². The Labute approximate surface area is 106 Å². The third-order valence-electron chi connectivity index (χ3n) is 2.37. The summed E-state index contributed by atoms with van der Waals surface area (Å²) in [4.78, 5) is 11.6. The molecule has 0 saturated carbocycles. The number of benzene rings is 1. The topological polar surface area (TPSA) is 78.9 Å². The summed E-state index contributed by atoms with van der Waals surface area (Å²) in [5.41, 5.74) is 5.68. The van der Waals surface area contributed by atoms with Crippen molar-refractivity contribution in [2.24, 2.45) is 5.73 Å². The van der Waals surface area contributed by atoms with Gasteiger partial charge in [-0.1, -0.05) is 0 Å². The highest BCUT2D eigenvalue weighted by Gasteiger charge is 2.13. The van der Waals surface area contributed by atoms with E-state index in [1.54, 1.807) is 6.07 Å². The molecular weight excluding hydrogens is 233 g/mol. The SMILES string of the molecule is CC(C)(N)CCC(=O)Nc1ccc(F)c(C#N)c1. The van der Waals surface area contributed by atoms with E-state index in [0.717, 1.165) is 6.07 Å². The minimum absolute atomic E-state index is 0.0908. The van der Waals surface area contributed by atoms with Gasteiger partial charge in [0.2, 0.25) is 5.91 Å². The van der Waals surface area contributed by atoms with Gasteiger partial charge in [-0.2, -0.15) is 5.26 Å². The zero-order valence-electron chi connectivity index (χ0n) is 10.5. The fraction of sp³-hybridized carbons (Fsp3) is 0.385. The van der Waals surface area contributed by atoms with Crippen molar-refractivity contribution < 1.29 is 9.18 Å². The fourth-order valence-corrected chi connectivity index (χ4v) is 1.35. The van der Waals surface area contributed by atoms with Crippen molar-refractivity contribution in [2.75, 3.05) is 5.32 Å². The molecule has 18 heavy (non-hydrogen) atoms. The van der Waals surface area contributed by atoms with Gasteiger partial charge in [0, 0.05) is 17.6 Å². The summed E-state index contributed by atoms with van der Waals surface area (Å²) >= 11 is 0. The van der Waals surface area contributed by atoms with E-state index in [1.165, 1.54) is 12.1 Å². The summed E-state index contributed by atoms with van der Waals surface area (Å²) in [6.07, 6.45) is 0.827. The zero-order valence-corrected chi connectivity index (χ0v) is 10.5. The van der Waals surface area contributed by atoms with Crippen LogP contribution in [0.1, 0.15) is 32.3 Å². The highest BCUT2D eigenvalue weighted by atomic mass is 19.1. The maximum atomic E-state index is 13.1. The number of amides is 1. The first kappa shape index (κ1) is 14.1. The number of hydrogen-bond acceptors (Lipinski definition) is 3. The lowest BCUT2D eigenvalue weighted by atomic mass is 10.00. The Morgan fingerprint density at radius 2 is 2.22 bits per heavy atom. The van der Waals surface area contributed by atoms with Crippen LogP contribution in [0.2, 0.25) is 0 Å². The van der Waals surface area contributed by atoms with Crippen LogP contribution < -0.4 is 11.1 Å². The van der Waals surface area contributed by atoms with E-state index in [9.17, 15) is 9.18 Å². The van der Waals surface area contributed by atoms with Crippen LogP contribution in [-0.2, 0) is 4.79 Å². The van der Waals surface area contributed by atoms with Crippen molar-refractivity contribution in [2.45, 2.75) is 32.2 Å². The van der Waals surface area contributed by atoms with Gasteiger partial charge in [0.15, 0.2) is 0 Å². The summed E-state index contributed by atoms with van der Waals surface area (Å²) in [5, 5.41) is 11.3. The van der Waals surface area contributed by atoms with Gasteiger partial charge in [-0.25, -0.2) is 4.39 Å². The zero-order chi connectivity index (χ0) is 13.8. The van der Waals surface area contributed by atoms with E-state index >= 15 is 0 Å². The van der Waals surface area contributed by atoms with Gasteiger partial charge in [0.1, 0.15) is 11.9 Å². The van der Waals surface area contributed by atoms with Crippen LogP contribution in [0.4, 0.5) is 10.1 Å². The minimum Gasteiger partial charge on any atom is -0.326 e. The highest BCUT2D eigenvalue weighted by molar-refractivity contribution is 5.90. The lowest BCUT2D eigenvalue weighted by molar-refractivity contribution is -0.116. The molecule has 0 radical (unpaired) electrons. The normalized spacial score (nSPS) is 10.8. The number of nitrogens with two attached hydrogens (primary N) is 1. The van der Waals surface area contributed by atoms with Gasteiger partial charge >= 0.3 is 0 Å². The van der Waals surface area contributed by atoms with Crippen molar-refractivity contribution in [3.63, 3.8) is 0 Å². The number of carbonyl (C=O) groups excluding carboxylic acids is 1. The van der Waals surface area contributed by atoms with Crippen LogP contribution in [0.25, 0.3) is 0 Å². The predicted molar refractivity (Wildman–Crippen MR) is 67.2 cm³/mol. The molecule has 0 bridgehead atoms. The average molecular weight is 249 g/mol. The fourth-order valence-electron chi connectivity index (χ4n) is 1.35. The average Bonchev–Trinajstić information content (AvgIpc) is 2.28. The van der Waals surface area contributed by atoms with E-state index in [4.69, 9.17) is 11.0 Å². The molecule has 0 spiro atoms. The van der Waals surface area contributed by atoms with Gasteiger partial charge in [0.05, 0.1) is 5.56 Å². The van der Waals surface area contributed by atoms with E-state index in [2.05, 4.69) is 5.32 Å². The van der Waals surface area contributed by atoms with Crippen molar-refractivity contribution in [1.29, 1.82) is 5.26 Å². The van der Waals surface area contributed by atoms with Crippen LogP contribution >= 0.6 is 0 Å². The molecule has 1 amide bonds. The summed E-state index contributed by atoms with van der Waals surface area (Å²) < 4.78 is 13.1. The van der Waals surface area contributed by atoms with Gasteiger partial charge in [-0.05, 0) is 38.5 Å². The first-order valence-corrected chi connectivity index (χ1v) is 5.60. The number of rotatable bonds is 4. The van der Waals surface area contributed by atoms with E-state index < -0.39 is 11.4 Å². The number of nitrogens with one attached hydrogen (secondary N) is 1. The first-order chi connectivity index (χ1) is 8.31. The summed E-state index contributed by atoms with van der Waals surface area (Å²) in [5.74, 6) is -0.803. The molecule has 0 unspecified atom stereocenters. The van der Waals surface area contributed by atoms with E-state index in [-0.39, 0.29) is 17.9 Å². The Morgan fingerprint density at radius 3 is 2.78 bits per heavy atom. The standard InChI is InChI=1S/C13H16FN3O/c1-13(2,16)6-5-12(18)17-10-3-4-11(14)9(7-10)8-15/h3-4,7H,5-6,16H2,1-2H3,(H,17,18). The molecule has 0 aliphatic carbocycles. The van der Waals surface area contributed by atoms with Gasteiger partial charge in [-0.3, -0.25) is 4.79 Å². The number of carbonyl (C=O) groups is 1. The second-order valence-electron chi connectivity index (χ2n) is 4.84. The molecule has 0 aliphatic rings. The Bertz CT molecular complexity index is 486. The van der Waals surface area contributed by atoms with Gasteiger partial charge in [-0.15, -0.1) is 0 Å². The van der Waals surface area contributed by atoms with Gasteiger partial charge < -0.3 is 11.1 Å². The van der Waals surface area contributed by atoms with Crippen LogP contribution in [0.15, 0.2) is 18.2 Å². The first-order valence-electron chi connectivity index (χ1n) is 5.60.